The van der Waals surface area contributed by atoms with Gasteiger partial charge in [0.15, 0.2) is 5.78 Å². The third-order valence-electron chi connectivity index (χ3n) is 3.88. The summed E-state index contributed by atoms with van der Waals surface area (Å²) in [6, 6.07) is 0. The number of likely N-dealkylation sites (tertiary alicyclic amines) is 1. The number of allylic oxidation sites excluding steroid dienone is 2. The molecule has 84 valence electrons. The van der Waals surface area contributed by atoms with Crippen LogP contribution in [0.15, 0.2) is 12.2 Å². The molecule has 1 heterocycles. The van der Waals surface area contributed by atoms with E-state index in [4.69, 9.17) is 0 Å². The lowest BCUT2D eigenvalue weighted by atomic mass is 9.72. The lowest BCUT2D eigenvalue weighted by Gasteiger charge is -2.36. The molecule has 2 aliphatic rings. The molecule has 2 heteroatoms. The van der Waals surface area contributed by atoms with Crippen molar-refractivity contribution >= 4 is 5.78 Å². The molecule has 2 nitrogen and oxygen atoms in total. The topological polar surface area (TPSA) is 20.3 Å². The summed E-state index contributed by atoms with van der Waals surface area (Å²) in [5.41, 5.74) is 0.191. The van der Waals surface area contributed by atoms with Crippen molar-refractivity contribution in [2.75, 3.05) is 19.6 Å². The molecule has 1 saturated heterocycles. The summed E-state index contributed by atoms with van der Waals surface area (Å²) in [5, 5.41) is 0. The van der Waals surface area contributed by atoms with E-state index in [0.717, 1.165) is 13.0 Å². The van der Waals surface area contributed by atoms with Crippen LogP contribution in [0, 0.1) is 11.3 Å². The van der Waals surface area contributed by atoms with Gasteiger partial charge in [0, 0.05) is 13.0 Å². The molecule has 0 saturated carbocycles. The van der Waals surface area contributed by atoms with Crippen LogP contribution in [-0.4, -0.2) is 30.3 Å². The lowest BCUT2D eigenvalue weighted by Crippen LogP contribution is -2.37. The van der Waals surface area contributed by atoms with Crippen molar-refractivity contribution in [3.05, 3.63) is 12.2 Å². The van der Waals surface area contributed by atoms with Gasteiger partial charge in [0.05, 0.1) is 0 Å². The van der Waals surface area contributed by atoms with Crippen LogP contribution in [0.5, 0.6) is 0 Å². The summed E-state index contributed by atoms with van der Waals surface area (Å²) >= 11 is 0. The van der Waals surface area contributed by atoms with Gasteiger partial charge in [-0.3, -0.25) is 4.79 Å². The zero-order valence-corrected chi connectivity index (χ0v) is 9.83. The van der Waals surface area contributed by atoms with Crippen LogP contribution in [0.25, 0.3) is 0 Å². The van der Waals surface area contributed by atoms with Gasteiger partial charge in [-0.15, -0.1) is 0 Å². The SMILES string of the molecule is CC1(C)C=CC(=O)CC1CN1CCCC1. The quantitative estimate of drug-likeness (QED) is 0.692. The number of hydrogen-bond acceptors (Lipinski definition) is 2. The van der Waals surface area contributed by atoms with E-state index in [1.54, 1.807) is 6.08 Å². The van der Waals surface area contributed by atoms with Crippen molar-refractivity contribution in [2.45, 2.75) is 33.1 Å². The minimum atomic E-state index is 0.191. The van der Waals surface area contributed by atoms with Crippen LogP contribution in [0.4, 0.5) is 0 Å². The second kappa shape index (κ2) is 4.09. The fourth-order valence-corrected chi connectivity index (χ4v) is 2.59. The molecule has 0 aromatic heterocycles. The van der Waals surface area contributed by atoms with Crippen LogP contribution in [0.3, 0.4) is 0 Å². The predicted molar refractivity (Wildman–Crippen MR) is 61.7 cm³/mol. The first-order valence-corrected chi connectivity index (χ1v) is 6.02. The Kier molecular flexibility index (Phi) is 2.96. The number of carbonyl (C=O) groups is 1. The highest BCUT2D eigenvalue weighted by Crippen LogP contribution is 2.35. The van der Waals surface area contributed by atoms with Crippen molar-refractivity contribution in [1.82, 2.24) is 4.90 Å². The molecule has 1 atom stereocenters. The molecule has 0 amide bonds. The molecule has 0 spiro atoms. The zero-order chi connectivity index (χ0) is 10.9. The highest BCUT2D eigenvalue weighted by molar-refractivity contribution is 5.90. The van der Waals surface area contributed by atoms with Gasteiger partial charge in [0.25, 0.3) is 0 Å². The van der Waals surface area contributed by atoms with E-state index in [1.165, 1.54) is 25.9 Å². The Morgan fingerprint density at radius 3 is 2.73 bits per heavy atom. The normalized spacial score (nSPS) is 31.1. The summed E-state index contributed by atoms with van der Waals surface area (Å²) in [5.74, 6) is 0.812. The number of ketones is 1. The monoisotopic (exact) mass is 207 g/mol. The van der Waals surface area contributed by atoms with Gasteiger partial charge >= 0.3 is 0 Å². The average molecular weight is 207 g/mol. The number of nitrogens with zero attached hydrogens (tertiary/aromatic N) is 1. The molecule has 1 fully saturated rings. The second-order valence-corrected chi connectivity index (χ2v) is 5.53. The predicted octanol–water partition coefficient (Wildman–Crippen LogP) is 2.25. The highest BCUT2D eigenvalue weighted by Gasteiger charge is 2.33. The van der Waals surface area contributed by atoms with Crippen molar-refractivity contribution in [1.29, 1.82) is 0 Å². The molecule has 2 rings (SSSR count). The van der Waals surface area contributed by atoms with Crippen LogP contribution < -0.4 is 0 Å². The summed E-state index contributed by atoms with van der Waals surface area (Å²) in [6.45, 7) is 8.05. The van der Waals surface area contributed by atoms with Crippen molar-refractivity contribution < 1.29 is 4.79 Å². The molecule has 0 aromatic carbocycles. The highest BCUT2D eigenvalue weighted by atomic mass is 16.1. The molecule has 1 aliphatic heterocycles. The van der Waals surface area contributed by atoms with Crippen LogP contribution in [-0.2, 0) is 4.79 Å². The maximum absolute atomic E-state index is 11.4. The number of hydrogen-bond donors (Lipinski definition) is 0. The summed E-state index contributed by atoms with van der Waals surface area (Å²) in [7, 11) is 0. The van der Waals surface area contributed by atoms with Crippen molar-refractivity contribution in [3.8, 4) is 0 Å². The van der Waals surface area contributed by atoms with E-state index < -0.39 is 0 Å². The van der Waals surface area contributed by atoms with Gasteiger partial charge in [-0.1, -0.05) is 19.9 Å². The Morgan fingerprint density at radius 1 is 1.40 bits per heavy atom. The van der Waals surface area contributed by atoms with Gasteiger partial charge < -0.3 is 4.90 Å². The second-order valence-electron chi connectivity index (χ2n) is 5.53. The van der Waals surface area contributed by atoms with E-state index in [0.29, 0.717) is 11.7 Å². The van der Waals surface area contributed by atoms with E-state index in [-0.39, 0.29) is 5.41 Å². The third-order valence-corrected chi connectivity index (χ3v) is 3.88. The number of rotatable bonds is 2. The van der Waals surface area contributed by atoms with Crippen LogP contribution in [0.1, 0.15) is 33.1 Å². The van der Waals surface area contributed by atoms with Crippen LogP contribution in [0.2, 0.25) is 0 Å². The van der Waals surface area contributed by atoms with E-state index in [2.05, 4.69) is 24.8 Å². The molecule has 15 heavy (non-hydrogen) atoms. The van der Waals surface area contributed by atoms with Gasteiger partial charge in [0.2, 0.25) is 0 Å². The number of carbonyl (C=O) groups excluding carboxylic acids is 1. The van der Waals surface area contributed by atoms with E-state index in [1.807, 2.05) is 0 Å². The summed E-state index contributed by atoms with van der Waals surface area (Å²) in [4.78, 5) is 13.9. The molecule has 0 N–H and O–H groups in total. The summed E-state index contributed by atoms with van der Waals surface area (Å²) < 4.78 is 0. The van der Waals surface area contributed by atoms with Crippen molar-refractivity contribution in [2.24, 2.45) is 11.3 Å². The molecule has 1 unspecified atom stereocenters. The van der Waals surface area contributed by atoms with E-state index >= 15 is 0 Å². The minimum Gasteiger partial charge on any atom is -0.303 e. The molecular formula is C13H21NO. The Labute approximate surface area is 92.3 Å². The van der Waals surface area contributed by atoms with Gasteiger partial charge in [0.1, 0.15) is 0 Å². The smallest absolute Gasteiger partial charge is 0.155 e. The first-order valence-electron chi connectivity index (χ1n) is 6.02. The third kappa shape index (κ3) is 2.49. The van der Waals surface area contributed by atoms with Gasteiger partial charge in [-0.25, -0.2) is 0 Å². The zero-order valence-electron chi connectivity index (χ0n) is 9.83. The maximum Gasteiger partial charge on any atom is 0.155 e. The molecule has 1 aliphatic carbocycles. The molecular weight excluding hydrogens is 186 g/mol. The summed E-state index contributed by atoms with van der Waals surface area (Å²) in [6.07, 6.45) is 7.26. The Morgan fingerprint density at radius 2 is 2.07 bits per heavy atom. The largest absolute Gasteiger partial charge is 0.303 e. The fourth-order valence-electron chi connectivity index (χ4n) is 2.59. The Balaban J connectivity index is 2.00. The maximum atomic E-state index is 11.4. The fraction of sp³-hybridized carbons (Fsp3) is 0.769. The first kappa shape index (κ1) is 10.9. The lowest BCUT2D eigenvalue weighted by molar-refractivity contribution is -0.117. The molecule has 0 radical (unpaired) electrons. The van der Waals surface area contributed by atoms with Crippen LogP contribution >= 0.6 is 0 Å². The van der Waals surface area contributed by atoms with Crippen molar-refractivity contribution in [3.63, 3.8) is 0 Å². The average Bonchev–Trinajstić information content (AvgIpc) is 2.65. The van der Waals surface area contributed by atoms with E-state index in [9.17, 15) is 4.79 Å². The Bertz CT molecular complexity index is 274. The minimum absolute atomic E-state index is 0.191. The van der Waals surface area contributed by atoms with Gasteiger partial charge in [-0.05, 0) is 43.3 Å². The van der Waals surface area contributed by atoms with Gasteiger partial charge in [-0.2, -0.15) is 0 Å². The molecule has 0 bridgehead atoms. The first-order chi connectivity index (χ1) is 7.08. The molecule has 0 aromatic rings. The Hall–Kier alpha value is -0.630. The standard InChI is InChI=1S/C13H21NO/c1-13(2)6-5-12(15)9-11(13)10-14-7-3-4-8-14/h5-6,11H,3-4,7-10H2,1-2H3.